The van der Waals surface area contributed by atoms with Gasteiger partial charge in [0.15, 0.2) is 0 Å². The van der Waals surface area contributed by atoms with Crippen molar-refractivity contribution in [3.8, 4) is 5.75 Å². The van der Waals surface area contributed by atoms with E-state index in [1.165, 1.54) is 12.4 Å². The highest BCUT2D eigenvalue weighted by molar-refractivity contribution is 5.96. The Labute approximate surface area is 113 Å². The van der Waals surface area contributed by atoms with Gasteiger partial charge in [0.1, 0.15) is 5.75 Å². The van der Waals surface area contributed by atoms with Gasteiger partial charge in [-0.2, -0.15) is 0 Å². The summed E-state index contributed by atoms with van der Waals surface area (Å²) in [6, 6.07) is 1.54. The Bertz CT molecular complexity index is 430. The molecule has 1 unspecified atom stereocenters. The van der Waals surface area contributed by atoms with Crippen LogP contribution in [0, 0.1) is 0 Å². The fraction of sp³-hybridized carbons (Fsp3) is 0.571. The third kappa shape index (κ3) is 3.44. The van der Waals surface area contributed by atoms with Crippen LogP contribution in [0.3, 0.4) is 0 Å². The fourth-order valence-electron chi connectivity index (χ4n) is 2.29. The first-order valence-electron chi connectivity index (χ1n) is 6.76. The summed E-state index contributed by atoms with van der Waals surface area (Å²) in [5.41, 5.74) is 0.299. The molecule has 104 valence electrons. The molecule has 0 aromatic carbocycles. The van der Waals surface area contributed by atoms with Gasteiger partial charge in [-0.15, -0.1) is 0 Å². The van der Waals surface area contributed by atoms with Crippen LogP contribution in [0.4, 0.5) is 0 Å². The van der Waals surface area contributed by atoms with Crippen LogP contribution in [0.15, 0.2) is 18.5 Å². The number of carbonyl (C=O) groups is 1. The highest BCUT2D eigenvalue weighted by Gasteiger charge is 2.22. The predicted molar refractivity (Wildman–Crippen MR) is 71.1 cm³/mol. The molecule has 1 aromatic heterocycles. The number of hydrogen-bond acceptors (Lipinski definition) is 4. The van der Waals surface area contributed by atoms with E-state index < -0.39 is 0 Å². The molecule has 0 aliphatic carbocycles. The molecule has 1 N–H and O–H groups in total. The Morgan fingerprint density at radius 1 is 1.58 bits per heavy atom. The van der Waals surface area contributed by atoms with Gasteiger partial charge in [-0.3, -0.25) is 9.78 Å². The van der Waals surface area contributed by atoms with Crippen molar-refractivity contribution in [1.29, 1.82) is 0 Å². The highest BCUT2D eigenvalue weighted by Crippen LogP contribution is 2.19. The van der Waals surface area contributed by atoms with E-state index in [0.29, 0.717) is 18.7 Å². The van der Waals surface area contributed by atoms with Gasteiger partial charge in [0.25, 0.3) is 5.91 Å². The standard InChI is InChI=1S/C14H20N2O3/c1-2-16(10-11-5-3-4-8-19-11)14(18)12-6-7-15-9-13(12)17/h6-7,9,11,17H,2-5,8,10H2,1H3. The topological polar surface area (TPSA) is 62.7 Å². The van der Waals surface area contributed by atoms with Crippen molar-refractivity contribution in [3.05, 3.63) is 24.0 Å². The Hall–Kier alpha value is -1.62. The molecule has 0 bridgehead atoms. The van der Waals surface area contributed by atoms with Crippen molar-refractivity contribution < 1.29 is 14.6 Å². The van der Waals surface area contributed by atoms with Gasteiger partial charge < -0.3 is 14.7 Å². The summed E-state index contributed by atoms with van der Waals surface area (Å²) in [4.78, 5) is 17.8. The van der Waals surface area contributed by atoms with Crippen LogP contribution < -0.4 is 0 Å². The van der Waals surface area contributed by atoms with Gasteiger partial charge >= 0.3 is 0 Å². The summed E-state index contributed by atoms with van der Waals surface area (Å²) in [7, 11) is 0. The SMILES string of the molecule is CCN(CC1CCCCO1)C(=O)c1ccncc1O. The monoisotopic (exact) mass is 264 g/mol. The molecule has 1 fully saturated rings. The van der Waals surface area contributed by atoms with Crippen LogP contribution in [0.5, 0.6) is 5.75 Å². The van der Waals surface area contributed by atoms with Gasteiger partial charge in [-0.25, -0.2) is 0 Å². The maximum Gasteiger partial charge on any atom is 0.257 e. The van der Waals surface area contributed by atoms with Crippen LogP contribution in [0.25, 0.3) is 0 Å². The molecule has 0 radical (unpaired) electrons. The smallest absolute Gasteiger partial charge is 0.257 e. The van der Waals surface area contributed by atoms with E-state index in [1.54, 1.807) is 11.0 Å². The molecule has 5 nitrogen and oxygen atoms in total. The molecular formula is C14H20N2O3. The van der Waals surface area contributed by atoms with Crippen molar-refractivity contribution in [1.82, 2.24) is 9.88 Å². The van der Waals surface area contributed by atoms with Crippen molar-refractivity contribution in [3.63, 3.8) is 0 Å². The van der Waals surface area contributed by atoms with Crippen molar-refractivity contribution >= 4 is 5.91 Å². The minimum Gasteiger partial charge on any atom is -0.505 e. The number of aromatic hydroxyl groups is 1. The van der Waals surface area contributed by atoms with Gasteiger partial charge in [-0.05, 0) is 32.3 Å². The van der Waals surface area contributed by atoms with Crippen LogP contribution in [-0.2, 0) is 4.74 Å². The zero-order chi connectivity index (χ0) is 13.7. The van der Waals surface area contributed by atoms with Crippen molar-refractivity contribution in [2.45, 2.75) is 32.3 Å². The van der Waals surface area contributed by atoms with Crippen LogP contribution in [0.1, 0.15) is 36.5 Å². The Kier molecular flexibility index (Phi) is 4.74. The number of rotatable bonds is 4. The lowest BCUT2D eigenvalue weighted by molar-refractivity contribution is -0.00317. The average molecular weight is 264 g/mol. The average Bonchev–Trinajstić information content (AvgIpc) is 2.46. The van der Waals surface area contributed by atoms with Gasteiger partial charge in [-0.1, -0.05) is 0 Å². The van der Waals surface area contributed by atoms with E-state index >= 15 is 0 Å². The number of amides is 1. The van der Waals surface area contributed by atoms with E-state index in [2.05, 4.69) is 4.98 Å². The molecule has 0 spiro atoms. The Morgan fingerprint density at radius 2 is 2.42 bits per heavy atom. The molecular weight excluding hydrogens is 244 g/mol. The van der Waals surface area contributed by atoms with Crippen molar-refractivity contribution in [2.75, 3.05) is 19.7 Å². The molecule has 1 saturated heterocycles. The van der Waals surface area contributed by atoms with E-state index in [9.17, 15) is 9.90 Å². The molecule has 2 rings (SSSR count). The maximum atomic E-state index is 12.4. The first kappa shape index (κ1) is 13.8. The van der Waals surface area contributed by atoms with E-state index in [1.807, 2.05) is 6.92 Å². The van der Waals surface area contributed by atoms with E-state index in [0.717, 1.165) is 25.9 Å². The summed E-state index contributed by atoms with van der Waals surface area (Å²) in [5, 5.41) is 9.69. The zero-order valence-electron chi connectivity index (χ0n) is 11.2. The Balaban J connectivity index is 2.04. The molecule has 5 heteroatoms. The van der Waals surface area contributed by atoms with Gasteiger partial charge in [0, 0.05) is 25.9 Å². The summed E-state index contributed by atoms with van der Waals surface area (Å²) in [5.74, 6) is -0.243. The van der Waals surface area contributed by atoms with Gasteiger partial charge in [0.05, 0.1) is 17.9 Å². The first-order valence-corrected chi connectivity index (χ1v) is 6.76. The van der Waals surface area contributed by atoms with E-state index in [-0.39, 0.29) is 17.8 Å². The summed E-state index contributed by atoms with van der Waals surface area (Å²) in [6.07, 6.45) is 6.16. The first-order chi connectivity index (χ1) is 9.22. The molecule has 1 aliphatic rings. The third-order valence-electron chi connectivity index (χ3n) is 3.40. The predicted octanol–water partition coefficient (Wildman–Crippen LogP) is 1.82. The molecule has 2 heterocycles. The molecule has 1 atom stereocenters. The van der Waals surface area contributed by atoms with E-state index in [4.69, 9.17) is 4.74 Å². The molecule has 0 saturated carbocycles. The highest BCUT2D eigenvalue weighted by atomic mass is 16.5. The molecule has 1 aliphatic heterocycles. The minimum atomic E-state index is -0.170. The van der Waals surface area contributed by atoms with Gasteiger partial charge in [0.2, 0.25) is 0 Å². The lowest BCUT2D eigenvalue weighted by Crippen LogP contribution is -2.39. The summed E-state index contributed by atoms with van der Waals surface area (Å²) < 4.78 is 5.66. The lowest BCUT2D eigenvalue weighted by Gasteiger charge is -2.29. The van der Waals surface area contributed by atoms with Crippen molar-refractivity contribution in [2.24, 2.45) is 0 Å². The second kappa shape index (κ2) is 6.52. The number of nitrogens with zero attached hydrogens (tertiary/aromatic N) is 2. The normalized spacial score (nSPS) is 19.1. The summed E-state index contributed by atoms with van der Waals surface area (Å²) in [6.45, 7) is 3.88. The fourth-order valence-corrected chi connectivity index (χ4v) is 2.29. The summed E-state index contributed by atoms with van der Waals surface area (Å²) >= 11 is 0. The minimum absolute atomic E-state index is 0.0736. The van der Waals surface area contributed by atoms with Crippen LogP contribution in [0.2, 0.25) is 0 Å². The molecule has 1 amide bonds. The second-order valence-corrected chi connectivity index (χ2v) is 4.73. The third-order valence-corrected chi connectivity index (χ3v) is 3.40. The van der Waals surface area contributed by atoms with Crippen LogP contribution in [-0.4, -0.2) is 46.7 Å². The number of ether oxygens (including phenoxy) is 1. The zero-order valence-corrected chi connectivity index (χ0v) is 11.2. The number of aromatic nitrogens is 1. The van der Waals surface area contributed by atoms with Crippen LogP contribution >= 0.6 is 0 Å². The molecule has 1 aromatic rings. The molecule has 19 heavy (non-hydrogen) atoms. The Morgan fingerprint density at radius 3 is 3.05 bits per heavy atom. The quantitative estimate of drug-likeness (QED) is 0.901. The number of hydrogen-bond donors (Lipinski definition) is 1. The largest absolute Gasteiger partial charge is 0.505 e. The number of carbonyl (C=O) groups excluding carboxylic acids is 1. The number of likely N-dealkylation sites (N-methyl/N-ethyl adjacent to an activating group) is 1. The second-order valence-electron chi connectivity index (χ2n) is 4.73. The lowest BCUT2D eigenvalue weighted by atomic mass is 10.1. The number of pyridine rings is 1. The maximum absolute atomic E-state index is 12.4.